The summed E-state index contributed by atoms with van der Waals surface area (Å²) in [7, 11) is 1.52. The third kappa shape index (κ3) is 6.63. The monoisotopic (exact) mass is 478 g/mol. The van der Waals surface area contributed by atoms with Crippen molar-refractivity contribution < 1.29 is 32.3 Å². The van der Waals surface area contributed by atoms with Gasteiger partial charge in [-0.25, -0.2) is 4.79 Å². The van der Waals surface area contributed by atoms with E-state index >= 15 is 0 Å². The van der Waals surface area contributed by atoms with Gasteiger partial charge in [0.05, 0.1) is 18.4 Å². The molecular formula is C23H25F3N4O4. The molecule has 2 aromatic rings. The van der Waals surface area contributed by atoms with Gasteiger partial charge in [0.15, 0.2) is 0 Å². The molecule has 0 bridgehead atoms. The number of para-hydroxylation sites is 2. The zero-order valence-corrected chi connectivity index (χ0v) is 18.4. The normalized spacial score (nSPS) is 14.3. The summed E-state index contributed by atoms with van der Waals surface area (Å²) >= 11 is 0. The van der Waals surface area contributed by atoms with Crippen LogP contribution in [0.5, 0.6) is 5.75 Å². The number of hydrogen-bond donors (Lipinski definition) is 3. The Morgan fingerprint density at radius 1 is 1.00 bits per heavy atom. The number of methoxy groups -OCH3 is 1. The van der Waals surface area contributed by atoms with Crippen molar-refractivity contribution in [2.24, 2.45) is 5.92 Å². The molecular weight excluding hydrogens is 453 g/mol. The first kappa shape index (κ1) is 24.9. The fourth-order valence-electron chi connectivity index (χ4n) is 3.56. The summed E-state index contributed by atoms with van der Waals surface area (Å²) in [5.41, 5.74) is -0.479. The molecule has 0 aromatic heterocycles. The highest BCUT2D eigenvalue weighted by Gasteiger charge is 2.31. The summed E-state index contributed by atoms with van der Waals surface area (Å²) in [6, 6.07) is 10.9. The number of alkyl halides is 3. The summed E-state index contributed by atoms with van der Waals surface area (Å²) in [4.78, 5) is 38.3. The van der Waals surface area contributed by atoms with E-state index in [2.05, 4.69) is 16.0 Å². The Balaban J connectivity index is 1.43. The lowest BCUT2D eigenvalue weighted by molar-refractivity contribution is -0.137. The van der Waals surface area contributed by atoms with Crippen molar-refractivity contribution in [2.75, 3.05) is 37.4 Å². The first-order chi connectivity index (χ1) is 16.2. The van der Waals surface area contributed by atoms with Crippen molar-refractivity contribution in [1.29, 1.82) is 0 Å². The number of nitrogens with zero attached hydrogens (tertiary/aromatic N) is 1. The third-order valence-electron chi connectivity index (χ3n) is 5.46. The number of anilines is 2. The lowest BCUT2D eigenvalue weighted by Crippen LogP contribution is -2.44. The van der Waals surface area contributed by atoms with Crippen LogP contribution in [0.25, 0.3) is 0 Å². The van der Waals surface area contributed by atoms with Crippen molar-refractivity contribution in [3.63, 3.8) is 0 Å². The van der Waals surface area contributed by atoms with E-state index in [1.807, 2.05) is 0 Å². The molecule has 8 nitrogen and oxygen atoms in total. The van der Waals surface area contributed by atoms with E-state index in [-0.39, 0.29) is 24.2 Å². The maximum absolute atomic E-state index is 12.8. The minimum absolute atomic E-state index is 0.0561. The fraction of sp³-hybridized carbons (Fsp3) is 0.348. The zero-order chi connectivity index (χ0) is 24.7. The summed E-state index contributed by atoms with van der Waals surface area (Å²) in [6.45, 7) is 1.16. The number of benzene rings is 2. The zero-order valence-electron chi connectivity index (χ0n) is 18.4. The van der Waals surface area contributed by atoms with Gasteiger partial charge in [0, 0.05) is 25.3 Å². The van der Waals surface area contributed by atoms with Gasteiger partial charge >= 0.3 is 24.0 Å². The average molecular weight is 478 g/mol. The number of ether oxygens (including phenoxy) is 1. The molecule has 34 heavy (non-hydrogen) atoms. The second kappa shape index (κ2) is 10.9. The van der Waals surface area contributed by atoms with Gasteiger partial charge in [-0.05, 0) is 49.1 Å². The predicted octanol–water partition coefficient (Wildman–Crippen LogP) is 3.71. The van der Waals surface area contributed by atoms with Gasteiger partial charge in [-0.2, -0.15) is 13.2 Å². The number of likely N-dealkylation sites (tertiary alicyclic amines) is 1. The average Bonchev–Trinajstić information content (AvgIpc) is 2.82. The largest absolute Gasteiger partial charge is 0.495 e. The van der Waals surface area contributed by atoms with Crippen LogP contribution in [0.2, 0.25) is 0 Å². The minimum atomic E-state index is -4.55. The van der Waals surface area contributed by atoms with Gasteiger partial charge in [0.2, 0.25) is 0 Å². The number of halogens is 3. The maximum Gasteiger partial charge on any atom is 0.416 e. The molecule has 0 radical (unpaired) electrons. The van der Waals surface area contributed by atoms with Crippen molar-refractivity contribution in [3.8, 4) is 5.75 Å². The second-order valence-corrected chi connectivity index (χ2v) is 7.80. The van der Waals surface area contributed by atoms with Gasteiger partial charge in [0.25, 0.3) is 0 Å². The SMILES string of the molecule is COc1ccccc1NC(=O)N1CCC(CNC(=O)C(=O)Nc2cccc(C(F)(F)F)c2)CC1. The number of piperidine rings is 1. The molecule has 2 aromatic carbocycles. The van der Waals surface area contributed by atoms with Gasteiger partial charge in [-0.1, -0.05) is 18.2 Å². The molecule has 0 aliphatic carbocycles. The highest BCUT2D eigenvalue weighted by molar-refractivity contribution is 6.39. The van der Waals surface area contributed by atoms with Crippen molar-refractivity contribution in [2.45, 2.75) is 19.0 Å². The van der Waals surface area contributed by atoms with Crippen molar-refractivity contribution in [3.05, 3.63) is 54.1 Å². The highest BCUT2D eigenvalue weighted by atomic mass is 19.4. The van der Waals surface area contributed by atoms with Crippen LogP contribution in [0, 0.1) is 5.92 Å². The molecule has 0 spiro atoms. The van der Waals surface area contributed by atoms with Gasteiger partial charge in [-0.15, -0.1) is 0 Å². The number of nitrogens with one attached hydrogen (secondary N) is 3. The third-order valence-corrected chi connectivity index (χ3v) is 5.46. The van der Waals surface area contributed by atoms with Gasteiger partial charge in [-0.3, -0.25) is 9.59 Å². The lowest BCUT2D eigenvalue weighted by Gasteiger charge is -2.32. The van der Waals surface area contributed by atoms with Crippen LogP contribution in [0.1, 0.15) is 18.4 Å². The van der Waals surface area contributed by atoms with E-state index in [0.717, 1.165) is 18.2 Å². The van der Waals surface area contributed by atoms with E-state index in [9.17, 15) is 27.6 Å². The standard InChI is InChI=1S/C23H25F3N4O4/c1-34-19-8-3-2-7-18(19)29-22(33)30-11-9-15(10-12-30)14-27-20(31)21(32)28-17-6-4-5-16(13-17)23(24,25)26/h2-8,13,15H,9-12,14H2,1H3,(H,27,31)(H,28,32)(H,29,33). The predicted molar refractivity (Wildman–Crippen MR) is 119 cm³/mol. The first-order valence-electron chi connectivity index (χ1n) is 10.6. The lowest BCUT2D eigenvalue weighted by atomic mass is 9.97. The maximum atomic E-state index is 12.8. The number of amides is 4. The Kier molecular flexibility index (Phi) is 7.98. The molecule has 0 saturated carbocycles. The molecule has 1 saturated heterocycles. The Labute approximate surface area is 194 Å². The molecule has 1 aliphatic rings. The molecule has 3 N–H and O–H groups in total. The molecule has 0 atom stereocenters. The van der Waals surface area contributed by atoms with Gasteiger partial charge < -0.3 is 25.6 Å². The Hall–Kier alpha value is -3.76. The molecule has 1 aliphatic heterocycles. The molecule has 4 amide bonds. The first-order valence-corrected chi connectivity index (χ1v) is 10.6. The van der Waals surface area contributed by atoms with Crippen molar-refractivity contribution in [1.82, 2.24) is 10.2 Å². The molecule has 1 heterocycles. The molecule has 11 heteroatoms. The fourth-order valence-corrected chi connectivity index (χ4v) is 3.56. The summed E-state index contributed by atoms with van der Waals surface area (Å²) in [6.07, 6.45) is -3.31. The van der Waals surface area contributed by atoms with Crippen LogP contribution in [0.15, 0.2) is 48.5 Å². The number of urea groups is 1. The Morgan fingerprint density at radius 3 is 2.38 bits per heavy atom. The molecule has 3 rings (SSSR count). The number of rotatable bonds is 5. The Morgan fingerprint density at radius 2 is 1.71 bits per heavy atom. The summed E-state index contributed by atoms with van der Waals surface area (Å²) in [5.74, 6) is -1.38. The summed E-state index contributed by atoms with van der Waals surface area (Å²) in [5, 5.41) is 7.50. The molecule has 0 unspecified atom stereocenters. The Bertz CT molecular complexity index is 1040. The summed E-state index contributed by atoms with van der Waals surface area (Å²) < 4.78 is 43.6. The highest BCUT2D eigenvalue weighted by Crippen LogP contribution is 2.30. The van der Waals surface area contributed by atoms with Crippen LogP contribution in [-0.4, -0.2) is 49.5 Å². The number of carbonyl (C=O) groups excluding carboxylic acids is 3. The van der Waals surface area contributed by atoms with E-state index in [0.29, 0.717) is 37.4 Å². The molecule has 182 valence electrons. The number of carbonyl (C=O) groups is 3. The van der Waals surface area contributed by atoms with Crippen LogP contribution in [-0.2, 0) is 15.8 Å². The van der Waals surface area contributed by atoms with Crippen LogP contribution < -0.4 is 20.7 Å². The van der Waals surface area contributed by atoms with E-state index in [1.54, 1.807) is 29.2 Å². The van der Waals surface area contributed by atoms with E-state index < -0.39 is 23.6 Å². The van der Waals surface area contributed by atoms with Crippen molar-refractivity contribution >= 4 is 29.2 Å². The smallest absolute Gasteiger partial charge is 0.416 e. The number of hydrogen-bond acceptors (Lipinski definition) is 4. The van der Waals surface area contributed by atoms with E-state index in [4.69, 9.17) is 4.74 Å². The molecule has 1 fully saturated rings. The van der Waals surface area contributed by atoms with Crippen LogP contribution >= 0.6 is 0 Å². The second-order valence-electron chi connectivity index (χ2n) is 7.80. The van der Waals surface area contributed by atoms with Crippen LogP contribution in [0.4, 0.5) is 29.3 Å². The van der Waals surface area contributed by atoms with Crippen LogP contribution in [0.3, 0.4) is 0 Å². The quantitative estimate of drug-likeness (QED) is 0.571. The minimum Gasteiger partial charge on any atom is -0.495 e. The van der Waals surface area contributed by atoms with E-state index in [1.165, 1.54) is 13.2 Å². The topological polar surface area (TPSA) is 99.8 Å². The van der Waals surface area contributed by atoms with Gasteiger partial charge in [0.1, 0.15) is 5.75 Å².